The summed E-state index contributed by atoms with van der Waals surface area (Å²) in [6, 6.07) is 1.87. The predicted molar refractivity (Wildman–Crippen MR) is 63.1 cm³/mol. The maximum Gasteiger partial charge on any atom is 0.453 e. The van der Waals surface area contributed by atoms with Gasteiger partial charge in [-0.2, -0.15) is 13.2 Å². The van der Waals surface area contributed by atoms with Gasteiger partial charge in [-0.1, -0.05) is 0 Å². The van der Waals surface area contributed by atoms with Crippen molar-refractivity contribution in [3.8, 4) is 11.4 Å². The number of carboxylic acid groups (broad SMARTS) is 1. The fourth-order valence-electron chi connectivity index (χ4n) is 1.81. The summed E-state index contributed by atoms with van der Waals surface area (Å²) in [5.41, 5.74) is -0.423. The molecule has 0 radical (unpaired) electrons. The molecule has 1 N–H and O–H groups in total. The molecule has 0 unspecified atom stereocenters. The highest BCUT2D eigenvalue weighted by atomic mass is 19.4. The molecule has 0 bridgehead atoms. The van der Waals surface area contributed by atoms with Crippen molar-refractivity contribution in [2.75, 3.05) is 0 Å². The van der Waals surface area contributed by atoms with E-state index in [2.05, 4.69) is 10.1 Å². The number of carboxylic acids is 1. The van der Waals surface area contributed by atoms with Crippen molar-refractivity contribution < 1.29 is 27.5 Å². The Morgan fingerprint density at radius 2 is 1.95 bits per heavy atom. The summed E-state index contributed by atoms with van der Waals surface area (Å²) in [4.78, 5) is 14.3. The fourth-order valence-corrected chi connectivity index (χ4v) is 1.81. The topological polar surface area (TPSA) is 68.0 Å². The molecule has 1 aromatic carbocycles. The molecule has 0 aliphatic heterocycles. The maximum absolute atomic E-state index is 13.9. The van der Waals surface area contributed by atoms with E-state index in [1.54, 1.807) is 0 Å². The molecule has 0 amide bonds. The van der Waals surface area contributed by atoms with Gasteiger partial charge in [0.1, 0.15) is 5.82 Å². The quantitative estimate of drug-likeness (QED) is 0.866. The third-order valence-electron chi connectivity index (χ3n) is 2.80. The lowest BCUT2D eigenvalue weighted by molar-refractivity contribution is -0.144. The number of aryl methyl sites for hydroxylation is 2. The Morgan fingerprint density at radius 3 is 2.43 bits per heavy atom. The normalized spacial score (nSPS) is 11.7. The third-order valence-corrected chi connectivity index (χ3v) is 2.80. The summed E-state index contributed by atoms with van der Waals surface area (Å²) in [6.45, 7) is 1.38. The molecule has 0 saturated heterocycles. The number of nitrogens with zero attached hydrogens (tertiary/aromatic N) is 3. The molecule has 5 nitrogen and oxygen atoms in total. The minimum atomic E-state index is -4.77. The second-order valence-corrected chi connectivity index (χ2v) is 4.33. The van der Waals surface area contributed by atoms with E-state index in [-0.39, 0.29) is 16.7 Å². The van der Waals surface area contributed by atoms with Crippen molar-refractivity contribution in [2.24, 2.45) is 7.05 Å². The Morgan fingerprint density at radius 1 is 1.33 bits per heavy atom. The first kappa shape index (κ1) is 14.9. The van der Waals surface area contributed by atoms with Crippen LogP contribution in [0.5, 0.6) is 0 Å². The molecule has 1 aromatic heterocycles. The number of benzene rings is 1. The predicted octanol–water partition coefficient (Wildman–Crippen LogP) is 2.65. The average Bonchev–Trinajstić information content (AvgIpc) is 2.70. The van der Waals surface area contributed by atoms with Gasteiger partial charge in [0.2, 0.25) is 0 Å². The zero-order chi connectivity index (χ0) is 15.9. The molecular weight excluding hydrogens is 294 g/mol. The molecule has 0 fully saturated rings. The SMILES string of the molecule is Cc1cc(F)c(-c2nc(C(F)(F)F)nn2C)cc1C(=O)O. The van der Waals surface area contributed by atoms with Crippen LogP contribution in [-0.4, -0.2) is 25.8 Å². The highest BCUT2D eigenvalue weighted by Crippen LogP contribution is 2.30. The molecule has 2 aromatic rings. The summed E-state index contributed by atoms with van der Waals surface area (Å²) in [5.74, 6) is -4.01. The Kier molecular flexibility index (Phi) is 3.44. The summed E-state index contributed by atoms with van der Waals surface area (Å²) >= 11 is 0. The third kappa shape index (κ3) is 2.71. The maximum atomic E-state index is 13.9. The largest absolute Gasteiger partial charge is 0.478 e. The van der Waals surface area contributed by atoms with E-state index in [4.69, 9.17) is 5.11 Å². The lowest BCUT2D eigenvalue weighted by atomic mass is 10.0. The Labute approximate surface area is 115 Å². The number of hydrogen-bond acceptors (Lipinski definition) is 3. The monoisotopic (exact) mass is 303 g/mol. The highest BCUT2D eigenvalue weighted by molar-refractivity contribution is 5.90. The van der Waals surface area contributed by atoms with Gasteiger partial charge in [-0.15, -0.1) is 5.10 Å². The smallest absolute Gasteiger partial charge is 0.453 e. The molecule has 0 aliphatic carbocycles. The average molecular weight is 303 g/mol. The number of rotatable bonds is 2. The zero-order valence-corrected chi connectivity index (χ0v) is 10.9. The summed E-state index contributed by atoms with van der Waals surface area (Å²) in [6.07, 6.45) is -4.77. The molecule has 1 heterocycles. The van der Waals surface area contributed by atoms with Gasteiger partial charge in [0, 0.05) is 7.05 Å². The van der Waals surface area contributed by atoms with Crippen LogP contribution in [0.25, 0.3) is 11.4 Å². The first-order valence-electron chi connectivity index (χ1n) is 5.63. The van der Waals surface area contributed by atoms with Gasteiger partial charge in [-0.25, -0.2) is 18.9 Å². The molecule has 0 aliphatic rings. The van der Waals surface area contributed by atoms with Gasteiger partial charge in [0.25, 0.3) is 5.82 Å². The molecule has 2 rings (SSSR count). The van der Waals surface area contributed by atoms with E-state index in [0.29, 0.717) is 0 Å². The first-order chi connectivity index (χ1) is 9.61. The van der Waals surface area contributed by atoms with Gasteiger partial charge < -0.3 is 5.11 Å². The molecule has 21 heavy (non-hydrogen) atoms. The van der Waals surface area contributed by atoms with Crippen LogP contribution >= 0.6 is 0 Å². The van der Waals surface area contributed by atoms with Crippen LogP contribution in [0.4, 0.5) is 17.6 Å². The summed E-state index contributed by atoms with van der Waals surface area (Å²) < 4.78 is 52.3. The van der Waals surface area contributed by atoms with E-state index >= 15 is 0 Å². The number of halogens is 4. The van der Waals surface area contributed by atoms with Crippen molar-refractivity contribution in [3.63, 3.8) is 0 Å². The van der Waals surface area contributed by atoms with Crippen molar-refractivity contribution in [1.82, 2.24) is 14.8 Å². The number of aromatic carboxylic acids is 1. The summed E-state index contributed by atoms with van der Waals surface area (Å²) in [7, 11) is 1.16. The Hall–Kier alpha value is -2.45. The van der Waals surface area contributed by atoms with Crippen LogP contribution in [0.1, 0.15) is 21.7 Å². The Balaban J connectivity index is 2.65. The van der Waals surface area contributed by atoms with E-state index in [1.807, 2.05) is 0 Å². The molecule has 0 saturated carbocycles. The van der Waals surface area contributed by atoms with E-state index in [9.17, 15) is 22.4 Å². The molecule has 9 heteroatoms. The van der Waals surface area contributed by atoms with Crippen molar-refractivity contribution in [1.29, 1.82) is 0 Å². The van der Waals surface area contributed by atoms with Crippen LogP contribution in [-0.2, 0) is 13.2 Å². The second kappa shape index (κ2) is 4.83. The molecular formula is C12H9F4N3O2. The van der Waals surface area contributed by atoms with Crippen molar-refractivity contribution in [3.05, 3.63) is 34.9 Å². The number of carbonyl (C=O) groups is 1. The molecule has 0 atom stereocenters. The van der Waals surface area contributed by atoms with Crippen LogP contribution in [0, 0.1) is 12.7 Å². The fraction of sp³-hybridized carbons (Fsp3) is 0.250. The standard InChI is InChI=1S/C12H9F4N3O2/c1-5-3-8(13)7(4-6(5)10(20)21)9-17-11(12(14,15)16)18-19(9)2/h3-4H,1-2H3,(H,20,21). The minimum Gasteiger partial charge on any atom is -0.478 e. The van der Waals surface area contributed by atoms with Gasteiger partial charge in [-0.05, 0) is 24.6 Å². The van der Waals surface area contributed by atoms with E-state index < -0.39 is 29.6 Å². The van der Waals surface area contributed by atoms with Gasteiger partial charge in [0.05, 0.1) is 11.1 Å². The first-order valence-corrected chi connectivity index (χ1v) is 5.63. The van der Waals surface area contributed by atoms with Gasteiger partial charge in [0.15, 0.2) is 5.82 Å². The number of alkyl halides is 3. The Bertz CT molecular complexity index is 722. The highest BCUT2D eigenvalue weighted by Gasteiger charge is 2.37. The number of aromatic nitrogens is 3. The zero-order valence-electron chi connectivity index (χ0n) is 10.9. The van der Waals surface area contributed by atoms with E-state index in [1.165, 1.54) is 6.92 Å². The second-order valence-electron chi connectivity index (χ2n) is 4.33. The van der Waals surface area contributed by atoms with Crippen LogP contribution in [0.3, 0.4) is 0 Å². The van der Waals surface area contributed by atoms with Crippen LogP contribution in [0.2, 0.25) is 0 Å². The molecule has 112 valence electrons. The lowest BCUT2D eigenvalue weighted by Crippen LogP contribution is -2.08. The van der Waals surface area contributed by atoms with Crippen molar-refractivity contribution in [2.45, 2.75) is 13.1 Å². The van der Waals surface area contributed by atoms with E-state index in [0.717, 1.165) is 23.9 Å². The van der Waals surface area contributed by atoms with Crippen LogP contribution < -0.4 is 0 Å². The minimum absolute atomic E-state index is 0.155. The van der Waals surface area contributed by atoms with Gasteiger partial charge in [-0.3, -0.25) is 0 Å². The van der Waals surface area contributed by atoms with Crippen LogP contribution in [0.15, 0.2) is 12.1 Å². The van der Waals surface area contributed by atoms with Crippen molar-refractivity contribution >= 4 is 5.97 Å². The lowest BCUT2D eigenvalue weighted by Gasteiger charge is -2.06. The molecule has 0 spiro atoms. The summed E-state index contributed by atoms with van der Waals surface area (Å²) in [5, 5.41) is 12.1. The number of hydrogen-bond donors (Lipinski definition) is 1. The van der Waals surface area contributed by atoms with Gasteiger partial charge >= 0.3 is 12.1 Å².